The molecule has 9 nitrogen and oxygen atoms in total. The van der Waals surface area contributed by atoms with Crippen LogP contribution in [0.2, 0.25) is 0 Å². The van der Waals surface area contributed by atoms with Crippen molar-refractivity contribution in [2.24, 2.45) is 11.8 Å². The molecule has 33 heavy (non-hydrogen) atoms. The summed E-state index contributed by atoms with van der Waals surface area (Å²) in [6, 6.07) is 3.53. The largest absolute Gasteiger partial charge is 0.459 e. The molecule has 4 rings (SSSR count). The number of aryl methyl sites for hydroxylation is 1. The van der Waals surface area contributed by atoms with Crippen LogP contribution in [-0.2, 0) is 4.79 Å². The Labute approximate surface area is 190 Å². The maximum absolute atomic E-state index is 13.7. The van der Waals surface area contributed by atoms with Crippen LogP contribution >= 0.6 is 0 Å². The van der Waals surface area contributed by atoms with Crippen LogP contribution in [0.1, 0.15) is 31.2 Å². The van der Waals surface area contributed by atoms with Crippen LogP contribution in [0.25, 0.3) is 11.0 Å². The molecule has 0 radical (unpaired) electrons. The number of urea groups is 1. The second-order valence-corrected chi connectivity index (χ2v) is 8.54. The molecule has 2 aromatic heterocycles. The second-order valence-electron chi connectivity index (χ2n) is 8.54. The molecule has 0 aliphatic carbocycles. The zero-order chi connectivity index (χ0) is 23.7. The fourth-order valence-corrected chi connectivity index (χ4v) is 3.91. The van der Waals surface area contributed by atoms with E-state index in [0.717, 1.165) is 5.56 Å². The summed E-state index contributed by atoms with van der Waals surface area (Å²) in [6.45, 7) is 6.91. The summed E-state index contributed by atoms with van der Waals surface area (Å²) in [6.07, 6.45) is 3.05. The van der Waals surface area contributed by atoms with E-state index >= 15 is 0 Å². The highest BCUT2D eigenvalue weighted by atomic mass is 19.1. The molecule has 1 aromatic carbocycles. The van der Waals surface area contributed by atoms with Crippen LogP contribution in [0.4, 0.5) is 20.8 Å². The Hall–Kier alpha value is -3.69. The van der Waals surface area contributed by atoms with E-state index in [2.05, 4.69) is 25.9 Å². The summed E-state index contributed by atoms with van der Waals surface area (Å²) in [4.78, 5) is 34.8. The van der Waals surface area contributed by atoms with Crippen LogP contribution < -0.4 is 20.9 Å². The summed E-state index contributed by atoms with van der Waals surface area (Å²) in [5, 5.41) is 8.99. The van der Waals surface area contributed by atoms with Gasteiger partial charge in [-0.25, -0.2) is 19.2 Å². The van der Waals surface area contributed by atoms with Crippen molar-refractivity contribution in [3.63, 3.8) is 0 Å². The molecule has 1 aliphatic rings. The molecule has 3 aromatic rings. The third kappa shape index (κ3) is 4.59. The van der Waals surface area contributed by atoms with E-state index in [1.807, 2.05) is 25.7 Å². The Morgan fingerprint density at radius 2 is 1.91 bits per heavy atom. The fourth-order valence-electron chi connectivity index (χ4n) is 3.91. The number of nitrogens with zero attached hydrogens (tertiary/aromatic N) is 3. The number of hydrogen-bond acceptors (Lipinski definition) is 6. The summed E-state index contributed by atoms with van der Waals surface area (Å²) < 4.78 is 19.6. The van der Waals surface area contributed by atoms with Crippen molar-refractivity contribution in [2.75, 3.05) is 30.4 Å². The molecule has 3 heterocycles. The first-order chi connectivity index (χ1) is 15.8. The molecule has 3 amide bonds. The molecule has 1 saturated heterocycles. The number of furan rings is 1. The van der Waals surface area contributed by atoms with Gasteiger partial charge in [0.15, 0.2) is 0 Å². The van der Waals surface area contributed by atoms with Crippen LogP contribution in [0, 0.1) is 24.6 Å². The van der Waals surface area contributed by atoms with E-state index in [9.17, 15) is 14.0 Å². The van der Waals surface area contributed by atoms with Gasteiger partial charge >= 0.3 is 6.03 Å². The molecular formula is C23H27FN6O3. The molecule has 0 spiro atoms. The van der Waals surface area contributed by atoms with Gasteiger partial charge in [0.1, 0.15) is 17.2 Å². The van der Waals surface area contributed by atoms with E-state index < -0.39 is 12.1 Å². The average Bonchev–Trinajstić information content (AvgIpc) is 3.07. The van der Waals surface area contributed by atoms with Crippen molar-refractivity contribution in [1.29, 1.82) is 0 Å². The van der Waals surface area contributed by atoms with Crippen LogP contribution in [0.5, 0.6) is 0 Å². The van der Waals surface area contributed by atoms with Gasteiger partial charge in [0.25, 0.3) is 0 Å². The summed E-state index contributed by atoms with van der Waals surface area (Å²) >= 11 is 0. The van der Waals surface area contributed by atoms with Crippen molar-refractivity contribution < 1.29 is 18.4 Å². The highest BCUT2D eigenvalue weighted by Gasteiger charge is 2.33. The average molecular weight is 455 g/mol. The van der Waals surface area contributed by atoms with Gasteiger partial charge in [-0.3, -0.25) is 4.79 Å². The molecule has 1 unspecified atom stereocenters. The Bertz CT molecular complexity index is 1170. The topological polar surface area (TPSA) is 112 Å². The highest BCUT2D eigenvalue weighted by molar-refractivity contribution is 5.89. The number of fused-ring (bicyclic) bond motifs is 1. The monoisotopic (exact) mass is 454 g/mol. The van der Waals surface area contributed by atoms with Gasteiger partial charge in [-0.2, -0.15) is 0 Å². The summed E-state index contributed by atoms with van der Waals surface area (Å²) in [7, 11) is 1.62. The quantitative estimate of drug-likeness (QED) is 0.527. The molecule has 1 aliphatic heterocycles. The number of hydrogen-bond donors (Lipinski definition) is 3. The van der Waals surface area contributed by atoms with E-state index in [1.165, 1.54) is 24.5 Å². The maximum Gasteiger partial charge on any atom is 0.319 e. The van der Waals surface area contributed by atoms with Crippen molar-refractivity contribution in [3.8, 4) is 0 Å². The van der Waals surface area contributed by atoms with Crippen molar-refractivity contribution in [2.45, 2.75) is 26.8 Å². The molecule has 1 atom stereocenters. The van der Waals surface area contributed by atoms with E-state index in [1.54, 1.807) is 13.1 Å². The Balaban J connectivity index is 1.41. The smallest absolute Gasteiger partial charge is 0.319 e. The first-order valence-electron chi connectivity index (χ1n) is 10.8. The molecule has 0 saturated carbocycles. The molecule has 0 bridgehead atoms. The maximum atomic E-state index is 13.7. The van der Waals surface area contributed by atoms with Crippen LogP contribution in [0.3, 0.4) is 0 Å². The van der Waals surface area contributed by atoms with Crippen LogP contribution in [0.15, 0.2) is 35.0 Å². The Morgan fingerprint density at radius 1 is 1.21 bits per heavy atom. The fraction of sp³-hybridized carbons (Fsp3) is 0.391. The normalized spacial score (nSPS) is 14.8. The third-order valence-electron chi connectivity index (χ3n) is 5.85. The van der Waals surface area contributed by atoms with Gasteiger partial charge in [0.05, 0.1) is 30.0 Å². The van der Waals surface area contributed by atoms with Crippen molar-refractivity contribution >= 4 is 34.5 Å². The minimum atomic E-state index is -0.431. The summed E-state index contributed by atoms with van der Waals surface area (Å²) in [5.41, 5.74) is 1.80. The lowest BCUT2D eigenvalue weighted by Crippen LogP contribution is -2.53. The van der Waals surface area contributed by atoms with Gasteiger partial charge in [-0.1, -0.05) is 13.8 Å². The second kappa shape index (κ2) is 9.05. The number of amides is 3. The zero-order valence-corrected chi connectivity index (χ0v) is 19.0. The predicted octanol–water partition coefficient (Wildman–Crippen LogP) is 3.37. The first kappa shape index (κ1) is 22.5. The minimum absolute atomic E-state index is 0.00531. The molecule has 10 heteroatoms. The SMILES string of the molecule is CNC(=O)C1CN(c2ncc(NC(=O)NC(c3oc4ccc(F)cc4c3C)C(C)C)cn2)C1. The van der Waals surface area contributed by atoms with Gasteiger partial charge in [-0.15, -0.1) is 0 Å². The Morgan fingerprint density at radius 3 is 2.55 bits per heavy atom. The number of carbonyl (C=O) groups excluding carboxylic acids is 2. The lowest BCUT2D eigenvalue weighted by atomic mass is 9.98. The number of anilines is 2. The molecule has 174 valence electrons. The molecule has 3 N–H and O–H groups in total. The number of rotatable bonds is 6. The van der Waals surface area contributed by atoms with E-state index in [0.29, 0.717) is 41.5 Å². The molecular weight excluding hydrogens is 427 g/mol. The minimum Gasteiger partial charge on any atom is -0.459 e. The van der Waals surface area contributed by atoms with Crippen molar-refractivity contribution in [1.82, 2.24) is 20.6 Å². The molecule has 1 fully saturated rings. The van der Waals surface area contributed by atoms with E-state index in [-0.39, 0.29) is 23.6 Å². The lowest BCUT2D eigenvalue weighted by molar-refractivity contribution is -0.125. The standard InChI is InChI=1S/C23H27FN6O3/c1-12(2)19(20-13(3)17-7-15(24)5-6-18(17)33-20)29-23(32)28-16-8-26-22(27-9-16)30-10-14(11-30)21(31)25-4/h5-9,12,14,19H,10-11H2,1-4H3,(H,25,31)(H2,28,29,32). The van der Waals surface area contributed by atoms with Gasteiger partial charge in [-0.05, 0) is 31.0 Å². The van der Waals surface area contributed by atoms with Crippen LogP contribution in [-0.4, -0.2) is 42.0 Å². The van der Waals surface area contributed by atoms with E-state index in [4.69, 9.17) is 4.42 Å². The number of benzene rings is 1. The van der Waals surface area contributed by atoms with Crippen molar-refractivity contribution in [3.05, 3.63) is 47.7 Å². The number of halogens is 1. The van der Waals surface area contributed by atoms with Gasteiger partial charge < -0.3 is 25.3 Å². The number of aromatic nitrogens is 2. The predicted molar refractivity (Wildman–Crippen MR) is 122 cm³/mol. The number of nitrogens with one attached hydrogen (secondary N) is 3. The third-order valence-corrected chi connectivity index (χ3v) is 5.85. The van der Waals surface area contributed by atoms with Gasteiger partial charge in [0.2, 0.25) is 11.9 Å². The number of carbonyl (C=O) groups is 2. The Kier molecular flexibility index (Phi) is 6.17. The van der Waals surface area contributed by atoms with Gasteiger partial charge in [0, 0.05) is 31.1 Å². The lowest BCUT2D eigenvalue weighted by Gasteiger charge is -2.37. The zero-order valence-electron chi connectivity index (χ0n) is 19.0. The summed E-state index contributed by atoms with van der Waals surface area (Å²) in [5.74, 6) is 0.731. The highest BCUT2D eigenvalue weighted by Crippen LogP contribution is 2.33. The first-order valence-corrected chi connectivity index (χ1v) is 10.8.